The molecule has 1 amide bonds. The molecule has 0 aliphatic carbocycles. The Morgan fingerprint density at radius 2 is 1.97 bits per heavy atom. The van der Waals surface area contributed by atoms with Gasteiger partial charge in [-0.05, 0) is 75.0 Å². The maximum absolute atomic E-state index is 13.6. The van der Waals surface area contributed by atoms with Crippen LogP contribution in [0, 0.1) is 11.7 Å². The molecule has 1 unspecified atom stereocenters. The maximum atomic E-state index is 13.6. The summed E-state index contributed by atoms with van der Waals surface area (Å²) in [6.45, 7) is 2.55. The smallest absolute Gasteiger partial charge is 0.256 e. The number of nitrogens with zero attached hydrogens (tertiary/aromatic N) is 4. The fraction of sp³-hybridized carbons (Fsp3) is 0.269. The minimum atomic E-state index is -0.363. The largest absolute Gasteiger partial charge is 0.338 e. The Hall–Kier alpha value is -3.78. The Balaban J connectivity index is 1.34. The molecule has 3 heterocycles. The normalized spacial score (nSPS) is 16.0. The molecule has 0 saturated carbocycles. The fourth-order valence-electron chi connectivity index (χ4n) is 4.62. The number of pyridine rings is 1. The molecule has 1 atom stereocenters. The van der Waals surface area contributed by atoms with Gasteiger partial charge in [-0.15, -0.1) is 0 Å². The van der Waals surface area contributed by atoms with Gasteiger partial charge in [0.25, 0.3) is 11.5 Å². The number of likely N-dealkylation sites (tertiary alicyclic amines) is 1. The van der Waals surface area contributed by atoms with E-state index in [4.69, 9.17) is 0 Å². The Labute approximate surface area is 196 Å². The number of aromatic amines is 1. The van der Waals surface area contributed by atoms with Crippen LogP contribution in [0.3, 0.4) is 0 Å². The quantitative estimate of drug-likeness (QED) is 0.495. The lowest BCUT2D eigenvalue weighted by Crippen LogP contribution is -2.30. The zero-order valence-electron chi connectivity index (χ0n) is 19.2. The highest BCUT2D eigenvalue weighted by molar-refractivity contribution is 5.94. The topological polar surface area (TPSA) is 74.2 Å². The second-order valence-electron chi connectivity index (χ2n) is 9.13. The average molecular weight is 460 g/mol. The third kappa shape index (κ3) is 4.36. The minimum absolute atomic E-state index is 0.0453. The molecule has 1 aliphatic rings. The van der Waals surface area contributed by atoms with E-state index in [0.717, 1.165) is 31.7 Å². The van der Waals surface area contributed by atoms with E-state index < -0.39 is 0 Å². The van der Waals surface area contributed by atoms with Gasteiger partial charge in [-0.2, -0.15) is 5.10 Å². The highest BCUT2D eigenvalue weighted by Crippen LogP contribution is 2.23. The van der Waals surface area contributed by atoms with Crippen molar-refractivity contribution < 1.29 is 9.18 Å². The molecule has 4 aromatic rings. The summed E-state index contributed by atoms with van der Waals surface area (Å²) in [6, 6.07) is 13.2. The summed E-state index contributed by atoms with van der Waals surface area (Å²) in [5.74, 6) is 0.192. The number of H-pyrrole nitrogens is 1. The predicted octanol–water partition coefficient (Wildman–Crippen LogP) is 3.54. The maximum Gasteiger partial charge on any atom is 0.256 e. The van der Waals surface area contributed by atoms with Crippen molar-refractivity contribution in [3.63, 3.8) is 0 Å². The van der Waals surface area contributed by atoms with Crippen LogP contribution in [0.1, 0.15) is 16.8 Å². The lowest BCUT2D eigenvalue weighted by molar-refractivity contribution is 0.0785. The third-order valence-corrected chi connectivity index (χ3v) is 6.28. The molecular formula is C26H26FN5O2. The summed E-state index contributed by atoms with van der Waals surface area (Å²) in [6.07, 6.45) is 4.38. The molecule has 2 aromatic carbocycles. The molecule has 0 radical (unpaired) electrons. The van der Waals surface area contributed by atoms with E-state index >= 15 is 0 Å². The van der Waals surface area contributed by atoms with E-state index in [9.17, 15) is 14.0 Å². The third-order valence-electron chi connectivity index (χ3n) is 6.28. The van der Waals surface area contributed by atoms with Gasteiger partial charge in [0.2, 0.25) is 0 Å². The van der Waals surface area contributed by atoms with Crippen LogP contribution in [-0.4, -0.2) is 64.2 Å². The first kappa shape index (κ1) is 22.0. The lowest BCUT2D eigenvalue weighted by Gasteiger charge is -2.18. The number of carbonyl (C=O) groups is 1. The van der Waals surface area contributed by atoms with Crippen LogP contribution in [0.4, 0.5) is 4.39 Å². The van der Waals surface area contributed by atoms with Gasteiger partial charge in [-0.1, -0.05) is 0 Å². The molecule has 5 rings (SSSR count). The van der Waals surface area contributed by atoms with E-state index in [1.807, 2.05) is 29.2 Å². The van der Waals surface area contributed by atoms with Gasteiger partial charge in [0, 0.05) is 47.9 Å². The molecule has 1 fully saturated rings. The monoisotopic (exact) mass is 459 g/mol. The van der Waals surface area contributed by atoms with Crippen LogP contribution in [0.25, 0.3) is 27.7 Å². The van der Waals surface area contributed by atoms with Crippen LogP contribution in [0.15, 0.2) is 65.7 Å². The predicted molar refractivity (Wildman–Crippen MR) is 130 cm³/mol. The zero-order valence-corrected chi connectivity index (χ0v) is 19.2. The molecule has 1 aliphatic heterocycles. The van der Waals surface area contributed by atoms with Crippen LogP contribution in [0.2, 0.25) is 0 Å². The molecule has 8 heteroatoms. The van der Waals surface area contributed by atoms with E-state index in [0.29, 0.717) is 33.5 Å². The lowest BCUT2D eigenvalue weighted by atomic mass is 10.1. The van der Waals surface area contributed by atoms with Crippen molar-refractivity contribution in [2.45, 2.75) is 6.42 Å². The SMILES string of the molecule is CN(C)CC1CCN(C(=O)c2ccc(-n3cc(-c4cc5cc(F)ccc5[nH]c4=O)cn3)cc2)C1. The van der Waals surface area contributed by atoms with E-state index in [-0.39, 0.29) is 17.3 Å². The van der Waals surface area contributed by atoms with Crippen LogP contribution in [0.5, 0.6) is 0 Å². The first-order valence-electron chi connectivity index (χ1n) is 11.3. The average Bonchev–Trinajstić information content (AvgIpc) is 3.48. The van der Waals surface area contributed by atoms with Gasteiger partial charge < -0.3 is 14.8 Å². The Morgan fingerprint density at radius 3 is 2.74 bits per heavy atom. The Kier molecular flexibility index (Phi) is 5.75. The minimum Gasteiger partial charge on any atom is -0.338 e. The fourth-order valence-corrected chi connectivity index (χ4v) is 4.62. The molecule has 0 bridgehead atoms. The van der Waals surface area contributed by atoms with Gasteiger partial charge in [-0.3, -0.25) is 9.59 Å². The second kappa shape index (κ2) is 8.87. The number of aromatic nitrogens is 3. The molecule has 7 nitrogen and oxygen atoms in total. The van der Waals surface area contributed by atoms with Crippen molar-refractivity contribution in [2.24, 2.45) is 5.92 Å². The highest BCUT2D eigenvalue weighted by Gasteiger charge is 2.27. The number of benzene rings is 2. The number of carbonyl (C=O) groups excluding carboxylic acids is 1. The highest BCUT2D eigenvalue weighted by atomic mass is 19.1. The number of fused-ring (bicyclic) bond motifs is 1. The molecule has 1 N–H and O–H groups in total. The van der Waals surface area contributed by atoms with Gasteiger partial charge in [-0.25, -0.2) is 9.07 Å². The van der Waals surface area contributed by atoms with Gasteiger partial charge in [0.15, 0.2) is 0 Å². The zero-order chi connectivity index (χ0) is 23.8. The number of halogens is 1. The summed E-state index contributed by atoms with van der Waals surface area (Å²) < 4.78 is 15.3. The van der Waals surface area contributed by atoms with Crippen LogP contribution < -0.4 is 5.56 Å². The number of nitrogens with one attached hydrogen (secondary N) is 1. The van der Waals surface area contributed by atoms with Gasteiger partial charge >= 0.3 is 0 Å². The summed E-state index contributed by atoms with van der Waals surface area (Å²) in [5.41, 5.74) is 2.77. The molecule has 34 heavy (non-hydrogen) atoms. The first-order chi connectivity index (χ1) is 16.4. The second-order valence-corrected chi connectivity index (χ2v) is 9.13. The Morgan fingerprint density at radius 1 is 1.18 bits per heavy atom. The van der Waals surface area contributed by atoms with Crippen molar-refractivity contribution in [2.75, 3.05) is 33.7 Å². The number of hydrogen-bond acceptors (Lipinski definition) is 4. The van der Waals surface area contributed by atoms with E-state index in [2.05, 4.69) is 29.1 Å². The summed E-state index contributed by atoms with van der Waals surface area (Å²) >= 11 is 0. The van der Waals surface area contributed by atoms with Crippen molar-refractivity contribution in [1.82, 2.24) is 24.6 Å². The molecule has 2 aromatic heterocycles. The van der Waals surface area contributed by atoms with E-state index in [1.165, 1.54) is 12.1 Å². The van der Waals surface area contributed by atoms with Crippen LogP contribution in [-0.2, 0) is 0 Å². The van der Waals surface area contributed by atoms with Crippen molar-refractivity contribution in [1.29, 1.82) is 0 Å². The van der Waals surface area contributed by atoms with Crippen molar-refractivity contribution in [3.8, 4) is 16.8 Å². The van der Waals surface area contributed by atoms with Crippen LogP contribution >= 0.6 is 0 Å². The van der Waals surface area contributed by atoms with Crippen molar-refractivity contribution in [3.05, 3.63) is 82.7 Å². The molecule has 1 saturated heterocycles. The molecule has 174 valence electrons. The number of rotatable bonds is 5. The standard InChI is InChI=1S/C26H26FN5O2/c1-30(2)14-17-9-10-31(15-17)26(34)18-3-6-22(7-4-18)32-16-20(13-28-32)23-12-19-11-21(27)5-8-24(19)29-25(23)33/h3-8,11-13,16-17H,9-10,14-15H2,1-2H3,(H,29,33). The molecule has 0 spiro atoms. The van der Waals surface area contributed by atoms with Gasteiger partial charge in [0.1, 0.15) is 5.82 Å². The summed E-state index contributed by atoms with van der Waals surface area (Å²) in [7, 11) is 4.11. The Bertz CT molecular complexity index is 1410. The van der Waals surface area contributed by atoms with E-state index in [1.54, 1.807) is 29.2 Å². The number of hydrogen-bond donors (Lipinski definition) is 1. The van der Waals surface area contributed by atoms with Gasteiger partial charge in [0.05, 0.1) is 17.4 Å². The first-order valence-corrected chi connectivity index (χ1v) is 11.3. The summed E-state index contributed by atoms with van der Waals surface area (Å²) in [5, 5.41) is 4.99. The number of amides is 1. The summed E-state index contributed by atoms with van der Waals surface area (Å²) in [4.78, 5) is 32.3. The van der Waals surface area contributed by atoms with Crippen molar-refractivity contribution >= 4 is 16.8 Å². The molecular weight excluding hydrogens is 433 g/mol.